The van der Waals surface area contributed by atoms with E-state index in [0.29, 0.717) is 6.42 Å². The number of aliphatic carboxylic acids is 1. The first-order valence-corrected chi connectivity index (χ1v) is 12.0. The molecular weight excluding hydrogens is 438 g/mol. The summed E-state index contributed by atoms with van der Waals surface area (Å²) in [6, 6.07) is 5.72. The molecule has 3 atom stereocenters. The number of carboxylic acids is 1. The summed E-state index contributed by atoms with van der Waals surface area (Å²) in [6.07, 6.45) is 6.77. The minimum Gasteiger partial charge on any atom is -0.480 e. The summed E-state index contributed by atoms with van der Waals surface area (Å²) >= 11 is 0. The van der Waals surface area contributed by atoms with Crippen LogP contribution in [0.2, 0.25) is 0 Å². The summed E-state index contributed by atoms with van der Waals surface area (Å²) in [5.41, 5.74) is 0.855. The van der Waals surface area contributed by atoms with Crippen molar-refractivity contribution in [1.82, 2.24) is 15.1 Å². The van der Waals surface area contributed by atoms with Gasteiger partial charge < -0.3 is 14.7 Å². The minimum absolute atomic E-state index is 0.0765. The number of esters is 1. The van der Waals surface area contributed by atoms with Gasteiger partial charge in [-0.25, -0.2) is 14.5 Å². The number of benzene rings is 1. The Morgan fingerprint density at radius 2 is 1.76 bits per heavy atom. The van der Waals surface area contributed by atoms with Gasteiger partial charge in [-0.2, -0.15) is 0 Å². The molecule has 0 bridgehead atoms. The maximum atomic E-state index is 13.0. The van der Waals surface area contributed by atoms with E-state index in [1.807, 2.05) is 30.3 Å². The van der Waals surface area contributed by atoms with Crippen molar-refractivity contribution in [2.24, 2.45) is 0 Å². The maximum Gasteiger partial charge on any atom is 0.328 e. The molecule has 0 unspecified atom stereocenters. The first kappa shape index (κ1) is 27.3. The van der Waals surface area contributed by atoms with Gasteiger partial charge in [0.25, 0.3) is 0 Å². The summed E-state index contributed by atoms with van der Waals surface area (Å²) < 4.78 is 5.49. The third-order valence-electron chi connectivity index (χ3n) is 5.99. The molecule has 2 N–H and O–H groups in total. The first-order chi connectivity index (χ1) is 16.3. The molecule has 9 heteroatoms. The lowest BCUT2D eigenvalue weighted by atomic mass is 10.0. The van der Waals surface area contributed by atoms with Crippen molar-refractivity contribution in [3.05, 3.63) is 35.9 Å². The number of imide groups is 1. The lowest BCUT2D eigenvalue weighted by Crippen LogP contribution is -2.54. The van der Waals surface area contributed by atoms with Gasteiger partial charge in [0.1, 0.15) is 12.6 Å². The van der Waals surface area contributed by atoms with Gasteiger partial charge in [-0.3, -0.25) is 14.9 Å². The molecular formula is C25H37N3O6. The van der Waals surface area contributed by atoms with Gasteiger partial charge in [-0.05, 0) is 18.9 Å². The van der Waals surface area contributed by atoms with E-state index in [-0.39, 0.29) is 13.2 Å². The van der Waals surface area contributed by atoms with E-state index >= 15 is 0 Å². The Bertz CT molecular complexity index is 831. The number of likely N-dealkylation sites (N-methyl/N-ethyl adjacent to an activating group) is 1. The average molecular weight is 476 g/mol. The van der Waals surface area contributed by atoms with Crippen molar-refractivity contribution >= 4 is 23.9 Å². The van der Waals surface area contributed by atoms with E-state index in [1.165, 1.54) is 25.3 Å². The van der Waals surface area contributed by atoms with Crippen LogP contribution in [0.5, 0.6) is 0 Å². The van der Waals surface area contributed by atoms with Crippen molar-refractivity contribution in [2.75, 3.05) is 13.6 Å². The molecule has 1 heterocycles. The smallest absolute Gasteiger partial charge is 0.328 e. The molecule has 1 aliphatic heterocycles. The molecule has 0 aromatic heterocycles. The van der Waals surface area contributed by atoms with Gasteiger partial charge in [0, 0.05) is 7.05 Å². The second-order valence-corrected chi connectivity index (χ2v) is 8.82. The fraction of sp³-hybridized carbons (Fsp3) is 0.600. The Morgan fingerprint density at radius 1 is 1.12 bits per heavy atom. The topological polar surface area (TPSA) is 116 Å². The quantitative estimate of drug-likeness (QED) is 0.314. The zero-order valence-electron chi connectivity index (χ0n) is 20.4. The van der Waals surface area contributed by atoms with Gasteiger partial charge in [0.05, 0.1) is 12.6 Å². The van der Waals surface area contributed by atoms with Crippen LogP contribution in [-0.2, 0) is 25.7 Å². The van der Waals surface area contributed by atoms with Crippen LogP contribution >= 0.6 is 0 Å². The number of urea groups is 1. The Kier molecular flexibility index (Phi) is 11.0. The zero-order chi connectivity index (χ0) is 25.1. The van der Waals surface area contributed by atoms with Crippen LogP contribution in [0.3, 0.4) is 0 Å². The predicted molar refractivity (Wildman–Crippen MR) is 127 cm³/mol. The molecule has 1 aliphatic rings. The summed E-state index contributed by atoms with van der Waals surface area (Å²) in [4.78, 5) is 51.8. The highest BCUT2D eigenvalue weighted by atomic mass is 16.5. The largest absolute Gasteiger partial charge is 0.480 e. The van der Waals surface area contributed by atoms with Crippen LogP contribution < -0.4 is 5.32 Å². The van der Waals surface area contributed by atoms with Crippen LogP contribution in [-0.4, -0.2) is 70.5 Å². The molecule has 34 heavy (non-hydrogen) atoms. The number of nitrogens with zero attached hydrogens (tertiary/aromatic N) is 2. The molecule has 0 aliphatic carbocycles. The molecule has 0 radical (unpaired) electrons. The standard InChI is InChI=1S/C25H37N3O6/c1-4-5-6-7-8-12-15-20(24(32)34-17-19-13-10-9-11-14-19)26-18(2)22(29)28-21(23(30)31)16-27(3)25(28)33/h9-11,13-14,18,20-21,26H,4-8,12,15-17H2,1-3H3,(H,30,31)/t18-,20-,21-/m0/s1. The summed E-state index contributed by atoms with van der Waals surface area (Å²) in [7, 11) is 1.45. The number of unbranched alkanes of at least 4 members (excludes halogenated alkanes) is 5. The molecule has 1 fully saturated rings. The fourth-order valence-corrected chi connectivity index (χ4v) is 3.98. The lowest BCUT2D eigenvalue weighted by molar-refractivity contribution is -0.149. The monoisotopic (exact) mass is 475 g/mol. The predicted octanol–water partition coefficient (Wildman–Crippen LogP) is 3.17. The molecule has 2 rings (SSSR count). The van der Waals surface area contributed by atoms with Crippen LogP contribution in [0.25, 0.3) is 0 Å². The van der Waals surface area contributed by atoms with Crippen molar-refractivity contribution in [2.45, 2.75) is 83.5 Å². The van der Waals surface area contributed by atoms with Crippen LogP contribution in [0.15, 0.2) is 30.3 Å². The average Bonchev–Trinajstić information content (AvgIpc) is 3.13. The van der Waals surface area contributed by atoms with E-state index in [9.17, 15) is 24.3 Å². The number of ether oxygens (including phenoxy) is 1. The third-order valence-corrected chi connectivity index (χ3v) is 5.99. The van der Waals surface area contributed by atoms with Crippen molar-refractivity contribution in [3.8, 4) is 0 Å². The van der Waals surface area contributed by atoms with Gasteiger partial charge in [-0.15, -0.1) is 0 Å². The zero-order valence-corrected chi connectivity index (χ0v) is 20.4. The summed E-state index contributed by atoms with van der Waals surface area (Å²) in [5.74, 6) is -2.40. The number of amides is 3. The molecule has 0 saturated carbocycles. The third kappa shape index (κ3) is 7.83. The number of nitrogens with one attached hydrogen (secondary N) is 1. The number of hydrogen-bond acceptors (Lipinski definition) is 6. The van der Waals surface area contributed by atoms with Crippen molar-refractivity contribution < 1.29 is 29.0 Å². The van der Waals surface area contributed by atoms with Crippen LogP contribution in [0.4, 0.5) is 4.79 Å². The van der Waals surface area contributed by atoms with E-state index in [4.69, 9.17) is 4.74 Å². The van der Waals surface area contributed by atoms with Gasteiger partial charge in [-0.1, -0.05) is 75.8 Å². The number of rotatable bonds is 14. The Hall–Kier alpha value is -2.94. The molecule has 9 nitrogen and oxygen atoms in total. The van der Waals surface area contributed by atoms with E-state index in [2.05, 4.69) is 12.2 Å². The van der Waals surface area contributed by atoms with E-state index in [1.54, 1.807) is 0 Å². The summed E-state index contributed by atoms with van der Waals surface area (Å²) in [5, 5.41) is 12.4. The van der Waals surface area contributed by atoms with Crippen LogP contribution in [0.1, 0.15) is 64.4 Å². The highest BCUT2D eigenvalue weighted by molar-refractivity contribution is 6.02. The Morgan fingerprint density at radius 3 is 2.41 bits per heavy atom. The second-order valence-electron chi connectivity index (χ2n) is 8.82. The van der Waals surface area contributed by atoms with Gasteiger partial charge in [0.2, 0.25) is 5.91 Å². The van der Waals surface area contributed by atoms with Crippen LogP contribution in [0, 0.1) is 0 Å². The highest BCUT2D eigenvalue weighted by Gasteiger charge is 2.45. The van der Waals surface area contributed by atoms with E-state index < -0.39 is 42.0 Å². The molecule has 1 aromatic carbocycles. The fourth-order valence-electron chi connectivity index (χ4n) is 3.98. The Balaban J connectivity index is 2.02. The van der Waals surface area contributed by atoms with Gasteiger partial charge >= 0.3 is 18.0 Å². The lowest BCUT2D eigenvalue weighted by Gasteiger charge is -2.26. The molecule has 1 aromatic rings. The van der Waals surface area contributed by atoms with Crippen molar-refractivity contribution in [3.63, 3.8) is 0 Å². The number of hydrogen-bond donors (Lipinski definition) is 2. The van der Waals surface area contributed by atoms with E-state index in [0.717, 1.165) is 42.6 Å². The SMILES string of the molecule is CCCCCCCC[C@H](N[C@@H](C)C(=O)N1C(=O)N(C)C[C@H]1C(=O)O)C(=O)OCc1ccccc1. The molecule has 1 saturated heterocycles. The molecule has 0 spiro atoms. The summed E-state index contributed by atoms with van der Waals surface area (Å²) in [6.45, 7) is 3.73. The number of carbonyl (C=O) groups excluding carboxylic acids is 3. The minimum atomic E-state index is -1.25. The second kappa shape index (κ2) is 13.7. The van der Waals surface area contributed by atoms with Crippen molar-refractivity contribution in [1.29, 1.82) is 0 Å². The van der Waals surface area contributed by atoms with Gasteiger partial charge in [0.15, 0.2) is 6.04 Å². The number of carboxylic acid groups (broad SMARTS) is 1. The maximum absolute atomic E-state index is 13.0. The molecule has 3 amide bonds. The number of carbonyl (C=O) groups is 4. The molecule has 188 valence electrons. The Labute approximate surface area is 201 Å². The first-order valence-electron chi connectivity index (χ1n) is 12.0. The highest BCUT2D eigenvalue weighted by Crippen LogP contribution is 2.17. The normalized spacial score (nSPS) is 17.5.